The first-order chi connectivity index (χ1) is 19.0. The number of cyclic esters (lactones) is 6. The van der Waals surface area contributed by atoms with Crippen LogP contribution in [0.15, 0.2) is 45.6 Å². The summed E-state index contributed by atoms with van der Waals surface area (Å²) in [5, 5.41) is 8.98. The van der Waals surface area contributed by atoms with Crippen molar-refractivity contribution in [3.63, 3.8) is 0 Å². The van der Waals surface area contributed by atoms with Crippen molar-refractivity contribution in [3.8, 4) is 0 Å². The van der Waals surface area contributed by atoms with Crippen molar-refractivity contribution in [2.75, 3.05) is 0 Å². The Morgan fingerprint density at radius 2 is 1.05 bits per heavy atom. The van der Waals surface area contributed by atoms with Crippen LogP contribution in [0.2, 0.25) is 0 Å². The zero-order chi connectivity index (χ0) is 29.6. The Bertz CT molecular complexity index is 1270. The van der Waals surface area contributed by atoms with Crippen LogP contribution in [0.5, 0.6) is 0 Å². The van der Waals surface area contributed by atoms with Crippen LogP contribution >= 0.6 is 0 Å². The first-order valence-electron chi connectivity index (χ1n) is 13.3. The molecule has 40 heavy (non-hydrogen) atoms. The Labute approximate surface area is 230 Å². The summed E-state index contributed by atoms with van der Waals surface area (Å²) in [4.78, 5) is 85.2. The molecule has 0 unspecified atom stereocenters. The minimum absolute atomic E-state index is 0.00960. The Balaban J connectivity index is 1.85. The van der Waals surface area contributed by atoms with E-state index >= 15 is 0 Å². The summed E-state index contributed by atoms with van der Waals surface area (Å²) in [5.41, 5.74) is 0.817. The summed E-state index contributed by atoms with van der Waals surface area (Å²) >= 11 is 0. The maximum atomic E-state index is 12.7. The van der Waals surface area contributed by atoms with E-state index in [1.165, 1.54) is 0 Å². The van der Waals surface area contributed by atoms with E-state index in [0.717, 1.165) is 0 Å². The van der Waals surface area contributed by atoms with Crippen molar-refractivity contribution in [3.05, 3.63) is 45.6 Å². The third kappa shape index (κ3) is 6.88. The van der Waals surface area contributed by atoms with E-state index in [2.05, 4.69) is 0 Å². The highest BCUT2D eigenvalue weighted by Gasteiger charge is 2.39. The van der Waals surface area contributed by atoms with Gasteiger partial charge in [-0.25, -0.2) is 28.8 Å². The average molecular weight is 557 g/mol. The smallest absolute Gasteiger partial charge is 0.346 e. The van der Waals surface area contributed by atoms with Gasteiger partial charge in [0.1, 0.15) is 0 Å². The third-order valence-electron chi connectivity index (χ3n) is 7.30. The summed E-state index contributed by atoms with van der Waals surface area (Å²) in [7, 11) is 0. The quantitative estimate of drug-likeness (QED) is 0.178. The molecule has 0 aromatic heterocycles. The molecule has 11 heteroatoms. The number of ether oxygens (including phenoxy) is 3. The Morgan fingerprint density at radius 3 is 1.50 bits per heavy atom. The summed E-state index contributed by atoms with van der Waals surface area (Å²) in [6.07, 6.45) is 4.86. The van der Waals surface area contributed by atoms with Crippen LogP contribution in [0, 0.1) is 11.8 Å². The minimum atomic E-state index is -1.13. The molecule has 0 bridgehead atoms. The topological polar surface area (TPSA) is 167 Å². The van der Waals surface area contributed by atoms with Gasteiger partial charge in [-0.3, -0.25) is 4.79 Å². The number of carbonyl (C=O) groups excluding carboxylic acids is 6. The molecule has 0 saturated carbocycles. The van der Waals surface area contributed by atoms with Crippen LogP contribution in [0.4, 0.5) is 0 Å². The standard InChI is InChI=1S/C29H32O11/c1-4-7-8-17-19(26(34)38-24(17)32)11-15(5-2)13-21-22(29(37)40-28(21)36)14-16(6-3)12-20-18(9-10-23(30)31)25(33)39-27(20)35/h7-8,15-16H,4-6,9-14H2,1-3H3,(H,30,31)/b8-7+/t15-,16-/m0/s1. The number of carboxylic acids is 1. The maximum Gasteiger partial charge on any atom is 0.346 e. The van der Waals surface area contributed by atoms with Gasteiger partial charge in [0.2, 0.25) is 0 Å². The lowest BCUT2D eigenvalue weighted by Crippen LogP contribution is -2.12. The molecular weight excluding hydrogens is 524 g/mol. The van der Waals surface area contributed by atoms with E-state index in [9.17, 15) is 33.6 Å². The second-order valence-electron chi connectivity index (χ2n) is 9.91. The summed E-state index contributed by atoms with van der Waals surface area (Å²) in [6.45, 7) is 5.57. The fourth-order valence-electron chi connectivity index (χ4n) is 4.92. The van der Waals surface area contributed by atoms with Crippen molar-refractivity contribution >= 4 is 41.8 Å². The van der Waals surface area contributed by atoms with E-state index in [4.69, 9.17) is 19.3 Å². The summed E-state index contributed by atoms with van der Waals surface area (Å²) in [6, 6.07) is 0. The van der Waals surface area contributed by atoms with Crippen molar-refractivity contribution in [2.45, 2.75) is 78.6 Å². The number of hydrogen-bond donors (Lipinski definition) is 1. The fourth-order valence-corrected chi connectivity index (χ4v) is 4.92. The number of allylic oxidation sites excluding steroid dienone is 1. The van der Waals surface area contributed by atoms with Gasteiger partial charge in [0.05, 0.1) is 11.1 Å². The molecule has 0 aromatic rings. The van der Waals surface area contributed by atoms with E-state index in [-0.39, 0.29) is 83.8 Å². The molecule has 0 fully saturated rings. The van der Waals surface area contributed by atoms with Gasteiger partial charge in [-0.15, -0.1) is 0 Å². The first kappa shape index (κ1) is 30.4. The van der Waals surface area contributed by atoms with Gasteiger partial charge >= 0.3 is 41.8 Å². The van der Waals surface area contributed by atoms with Crippen molar-refractivity contribution in [1.82, 2.24) is 0 Å². The van der Waals surface area contributed by atoms with Gasteiger partial charge in [0.15, 0.2) is 0 Å². The number of aliphatic carboxylic acids is 1. The minimum Gasteiger partial charge on any atom is -0.481 e. The van der Waals surface area contributed by atoms with Crippen LogP contribution in [0.1, 0.15) is 78.6 Å². The van der Waals surface area contributed by atoms with Crippen LogP contribution in [0.25, 0.3) is 0 Å². The molecule has 3 aliphatic heterocycles. The van der Waals surface area contributed by atoms with Crippen LogP contribution in [-0.2, 0) is 47.8 Å². The molecule has 3 rings (SSSR count). The Hall–Kier alpha value is -4.15. The molecule has 11 nitrogen and oxygen atoms in total. The fraction of sp³-hybridized carbons (Fsp3) is 0.483. The van der Waals surface area contributed by atoms with E-state index in [1.807, 2.05) is 20.8 Å². The average Bonchev–Trinajstić information content (AvgIpc) is 3.43. The molecule has 1 N–H and O–H groups in total. The molecule has 0 spiro atoms. The number of carbonyl (C=O) groups is 7. The SMILES string of the molecule is CC/C=C/C1=C(C[C@H](CC)CC2=C(C[C@@H](CC)CC3=C(CCC(=O)O)C(=O)OC3=O)C(=O)OC2=O)C(=O)OC1=O. The van der Waals surface area contributed by atoms with Gasteiger partial charge in [0, 0.05) is 28.7 Å². The van der Waals surface area contributed by atoms with E-state index < -0.39 is 41.8 Å². The largest absolute Gasteiger partial charge is 0.481 e. The predicted octanol–water partition coefficient (Wildman–Crippen LogP) is 3.57. The van der Waals surface area contributed by atoms with Gasteiger partial charge in [-0.2, -0.15) is 0 Å². The predicted molar refractivity (Wildman–Crippen MR) is 137 cm³/mol. The molecule has 0 aliphatic carbocycles. The van der Waals surface area contributed by atoms with Crippen molar-refractivity contribution < 1.29 is 52.9 Å². The van der Waals surface area contributed by atoms with Crippen LogP contribution in [-0.4, -0.2) is 46.9 Å². The number of hydrogen-bond acceptors (Lipinski definition) is 10. The molecular formula is C29H32O11. The molecule has 214 valence electrons. The lowest BCUT2D eigenvalue weighted by molar-refractivity contribution is -0.153. The third-order valence-corrected chi connectivity index (χ3v) is 7.30. The number of rotatable bonds is 15. The molecule has 2 atom stereocenters. The van der Waals surface area contributed by atoms with Gasteiger partial charge in [-0.1, -0.05) is 45.8 Å². The zero-order valence-corrected chi connectivity index (χ0v) is 22.7. The molecule has 0 aromatic carbocycles. The molecule has 0 radical (unpaired) electrons. The highest BCUT2D eigenvalue weighted by molar-refractivity contribution is 6.14. The van der Waals surface area contributed by atoms with Gasteiger partial charge in [-0.05, 0) is 50.4 Å². The lowest BCUT2D eigenvalue weighted by atomic mass is 9.84. The van der Waals surface area contributed by atoms with Crippen LogP contribution < -0.4 is 0 Å². The number of carboxylic acid groups (broad SMARTS) is 1. The van der Waals surface area contributed by atoms with Gasteiger partial charge in [0.25, 0.3) is 0 Å². The Kier molecular flexibility index (Phi) is 10.1. The first-order valence-corrected chi connectivity index (χ1v) is 13.3. The highest BCUT2D eigenvalue weighted by Crippen LogP contribution is 2.37. The zero-order valence-electron chi connectivity index (χ0n) is 22.7. The highest BCUT2D eigenvalue weighted by atomic mass is 16.6. The van der Waals surface area contributed by atoms with Crippen molar-refractivity contribution in [2.24, 2.45) is 11.8 Å². The van der Waals surface area contributed by atoms with E-state index in [0.29, 0.717) is 19.3 Å². The Morgan fingerprint density at radius 1 is 0.650 bits per heavy atom. The van der Waals surface area contributed by atoms with Gasteiger partial charge < -0.3 is 19.3 Å². The summed E-state index contributed by atoms with van der Waals surface area (Å²) in [5.74, 6) is -6.50. The second-order valence-corrected chi connectivity index (χ2v) is 9.91. The normalized spacial score (nSPS) is 19.3. The molecule has 3 aliphatic rings. The maximum absolute atomic E-state index is 12.7. The number of esters is 6. The monoisotopic (exact) mass is 556 g/mol. The molecule has 0 amide bonds. The molecule has 3 heterocycles. The lowest BCUT2D eigenvalue weighted by Gasteiger charge is -2.17. The van der Waals surface area contributed by atoms with E-state index in [1.54, 1.807) is 12.2 Å². The van der Waals surface area contributed by atoms with Crippen molar-refractivity contribution in [1.29, 1.82) is 0 Å². The molecule has 0 saturated heterocycles. The van der Waals surface area contributed by atoms with Crippen LogP contribution in [0.3, 0.4) is 0 Å². The second kappa shape index (κ2) is 13.3. The summed E-state index contributed by atoms with van der Waals surface area (Å²) < 4.78 is 14.4.